The van der Waals surface area contributed by atoms with E-state index in [1.165, 1.54) is 25.7 Å². The zero-order valence-electron chi connectivity index (χ0n) is 10.3. The van der Waals surface area contributed by atoms with E-state index in [9.17, 15) is 5.11 Å². The number of aliphatic hydroxyl groups is 1. The second kappa shape index (κ2) is 5.48. The highest BCUT2D eigenvalue weighted by molar-refractivity contribution is 5.04. The Morgan fingerprint density at radius 1 is 1.12 bits per heavy atom. The van der Waals surface area contributed by atoms with Crippen LogP contribution in [-0.2, 0) is 9.47 Å². The van der Waals surface area contributed by atoms with Crippen LogP contribution in [0.1, 0.15) is 44.9 Å². The molecule has 0 aromatic rings. The lowest BCUT2D eigenvalue weighted by molar-refractivity contribution is -0.201. The number of aliphatic hydroxyl groups excluding tert-OH is 1. The monoisotopic (exact) mass is 228 g/mol. The lowest BCUT2D eigenvalue weighted by Crippen LogP contribution is -2.58. The van der Waals surface area contributed by atoms with Gasteiger partial charge in [-0.2, -0.15) is 0 Å². The van der Waals surface area contributed by atoms with Crippen LogP contribution in [0.2, 0.25) is 0 Å². The number of hydrogen-bond acceptors (Lipinski definition) is 3. The molecule has 2 rings (SSSR count). The smallest absolute Gasteiger partial charge is 0.0704 e. The first-order valence-electron chi connectivity index (χ1n) is 6.58. The van der Waals surface area contributed by atoms with E-state index in [1.807, 2.05) is 0 Å². The maximum absolute atomic E-state index is 10.1. The first-order chi connectivity index (χ1) is 7.79. The van der Waals surface area contributed by atoms with Crippen LogP contribution >= 0.6 is 0 Å². The molecular formula is C13H24O3. The maximum atomic E-state index is 10.1. The lowest BCUT2D eigenvalue weighted by Gasteiger charge is -2.53. The van der Waals surface area contributed by atoms with E-state index >= 15 is 0 Å². The molecule has 2 aliphatic rings. The SMILES string of the molecule is COCCOC1CC(O)C12CCCCCC2. The number of rotatable bonds is 4. The van der Waals surface area contributed by atoms with Gasteiger partial charge in [-0.15, -0.1) is 0 Å². The molecule has 0 saturated heterocycles. The summed E-state index contributed by atoms with van der Waals surface area (Å²) in [6.07, 6.45) is 8.40. The fraction of sp³-hybridized carbons (Fsp3) is 1.00. The predicted octanol–water partition coefficient (Wildman–Crippen LogP) is 2.12. The van der Waals surface area contributed by atoms with Gasteiger partial charge < -0.3 is 14.6 Å². The van der Waals surface area contributed by atoms with Gasteiger partial charge in [0.15, 0.2) is 0 Å². The second-order valence-corrected chi connectivity index (χ2v) is 5.25. The van der Waals surface area contributed by atoms with Gasteiger partial charge in [0.2, 0.25) is 0 Å². The van der Waals surface area contributed by atoms with Gasteiger partial charge in [0.25, 0.3) is 0 Å². The summed E-state index contributed by atoms with van der Waals surface area (Å²) in [6.45, 7) is 1.32. The van der Waals surface area contributed by atoms with Crippen molar-refractivity contribution in [3.63, 3.8) is 0 Å². The quantitative estimate of drug-likeness (QED) is 0.749. The molecule has 2 atom stereocenters. The number of ether oxygens (including phenoxy) is 2. The molecule has 2 fully saturated rings. The first kappa shape index (κ1) is 12.3. The van der Waals surface area contributed by atoms with Crippen LogP contribution in [-0.4, -0.2) is 37.6 Å². The third kappa shape index (κ3) is 2.27. The molecule has 0 aromatic carbocycles. The minimum Gasteiger partial charge on any atom is -0.392 e. The molecule has 0 aliphatic heterocycles. The largest absolute Gasteiger partial charge is 0.392 e. The topological polar surface area (TPSA) is 38.7 Å². The summed E-state index contributed by atoms with van der Waals surface area (Å²) in [5, 5.41) is 10.1. The maximum Gasteiger partial charge on any atom is 0.0704 e. The van der Waals surface area contributed by atoms with Crippen LogP contribution in [0.4, 0.5) is 0 Å². The Morgan fingerprint density at radius 2 is 1.81 bits per heavy atom. The minimum absolute atomic E-state index is 0.0875. The van der Waals surface area contributed by atoms with E-state index in [0.717, 1.165) is 19.3 Å². The molecule has 0 amide bonds. The molecule has 16 heavy (non-hydrogen) atoms. The van der Waals surface area contributed by atoms with Crippen LogP contribution in [0.25, 0.3) is 0 Å². The summed E-state index contributed by atoms with van der Waals surface area (Å²) in [5.41, 5.74) is 0.0875. The Balaban J connectivity index is 1.88. The molecule has 1 N–H and O–H groups in total. The van der Waals surface area contributed by atoms with Gasteiger partial charge in [-0.25, -0.2) is 0 Å². The Morgan fingerprint density at radius 3 is 2.38 bits per heavy atom. The summed E-state index contributed by atoms with van der Waals surface area (Å²) >= 11 is 0. The average Bonchev–Trinajstić information content (AvgIpc) is 2.55. The van der Waals surface area contributed by atoms with Crippen molar-refractivity contribution in [2.45, 2.75) is 57.2 Å². The van der Waals surface area contributed by atoms with Crippen molar-refractivity contribution < 1.29 is 14.6 Å². The molecule has 3 nitrogen and oxygen atoms in total. The molecule has 0 radical (unpaired) electrons. The Kier molecular flexibility index (Phi) is 4.22. The molecule has 94 valence electrons. The molecular weight excluding hydrogens is 204 g/mol. The fourth-order valence-corrected chi connectivity index (χ4v) is 3.28. The molecule has 2 saturated carbocycles. The van der Waals surface area contributed by atoms with Gasteiger partial charge in [-0.1, -0.05) is 25.7 Å². The van der Waals surface area contributed by atoms with Gasteiger partial charge in [-0.3, -0.25) is 0 Å². The highest BCUT2D eigenvalue weighted by Gasteiger charge is 2.54. The van der Waals surface area contributed by atoms with Crippen molar-refractivity contribution in [3.05, 3.63) is 0 Å². The predicted molar refractivity (Wildman–Crippen MR) is 62.4 cm³/mol. The highest BCUT2D eigenvalue weighted by Crippen LogP contribution is 2.52. The lowest BCUT2D eigenvalue weighted by atomic mass is 9.59. The Labute approximate surface area is 98.1 Å². The van der Waals surface area contributed by atoms with E-state index in [-0.39, 0.29) is 17.6 Å². The van der Waals surface area contributed by atoms with Crippen molar-refractivity contribution in [1.82, 2.24) is 0 Å². The summed E-state index contributed by atoms with van der Waals surface area (Å²) in [5.74, 6) is 0. The van der Waals surface area contributed by atoms with Crippen molar-refractivity contribution >= 4 is 0 Å². The van der Waals surface area contributed by atoms with Crippen molar-refractivity contribution in [1.29, 1.82) is 0 Å². The van der Waals surface area contributed by atoms with Gasteiger partial charge in [0, 0.05) is 18.9 Å². The molecule has 0 aromatic heterocycles. The van der Waals surface area contributed by atoms with Crippen LogP contribution in [0.15, 0.2) is 0 Å². The van der Waals surface area contributed by atoms with E-state index in [1.54, 1.807) is 7.11 Å². The zero-order valence-corrected chi connectivity index (χ0v) is 10.3. The van der Waals surface area contributed by atoms with Crippen molar-refractivity contribution in [3.8, 4) is 0 Å². The number of methoxy groups -OCH3 is 1. The Bertz CT molecular complexity index is 209. The van der Waals surface area contributed by atoms with Crippen LogP contribution in [0.3, 0.4) is 0 Å². The standard InChI is InChI=1S/C13H24O3/c1-15-8-9-16-12-10-11(14)13(12)6-4-2-3-5-7-13/h11-12,14H,2-10H2,1H3. The average molecular weight is 228 g/mol. The normalized spacial score (nSPS) is 33.4. The van der Waals surface area contributed by atoms with Crippen LogP contribution in [0.5, 0.6) is 0 Å². The zero-order chi connectivity index (χ0) is 11.4. The Hall–Kier alpha value is -0.120. The summed E-state index contributed by atoms with van der Waals surface area (Å²) in [6, 6.07) is 0. The van der Waals surface area contributed by atoms with Gasteiger partial charge in [0.1, 0.15) is 0 Å². The van der Waals surface area contributed by atoms with Crippen molar-refractivity contribution in [2.24, 2.45) is 5.41 Å². The molecule has 2 aliphatic carbocycles. The summed E-state index contributed by atoms with van der Waals surface area (Å²) < 4.78 is 10.9. The van der Waals surface area contributed by atoms with E-state index in [0.29, 0.717) is 13.2 Å². The summed E-state index contributed by atoms with van der Waals surface area (Å²) in [4.78, 5) is 0. The minimum atomic E-state index is -0.127. The second-order valence-electron chi connectivity index (χ2n) is 5.25. The molecule has 3 heteroatoms. The van der Waals surface area contributed by atoms with Gasteiger partial charge >= 0.3 is 0 Å². The molecule has 0 heterocycles. The van der Waals surface area contributed by atoms with Gasteiger partial charge in [-0.05, 0) is 12.8 Å². The van der Waals surface area contributed by atoms with E-state index in [4.69, 9.17) is 9.47 Å². The highest BCUT2D eigenvalue weighted by atomic mass is 16.5. The third-order valence-electron chi connectivity index (χ3n) is 4.38. The number of hydrogen-bond donors (Lipinski definition) is 1. The molecule has 1 spiro atoms. The van der Waals surface area contributed by atoms with Crippen LogP contribution in [0, 0.1) is 5.41 Å². The van der Waals surface area contributed by atoms with E-state index in [2.05, 4.69) is 0 Å². The van der Waals surface area contributed by atoms with Gasteiger partial charge in [0.05, 0.1) is 25.4 Å². The fourth-order valence-electron chi connectivity index (χ4n) is 3.28. The molecule has 2 unspecified atom stereocenters. The van der Waals surface area contributed by atoms with E-state index < -0.39 is 0 Å². The van der Waals surface area contributed by atoms with Crippen LogP contribution < -0.4 is 0 Å². The summed E-state index contributed by atoms with van der Waals surface area (Å²) in [7, 11) is 1.69. The third-order valence-corrected chi connectivity index (χ3v) is 4.38. The first-order valence-corrected chi connectivity index (χ1v) is 6.58. The van der Waals surface area contributed by atoms with Crippen molar-refractivity contribution in [2.75, 3.05) is 20.3 Å². The molecule has 0 bridgehead atoms.